The van der Waals surface area contributed by atoms with Gasteiger partial charge in [-0.15, -0.1) is 0 Å². The van der Waals surface area contributed by atoms with Crippen LogP contribution in [-0.2, 0) is 14.1 Å². The lowest BCUT2D eigenvalue weighted by Gasteiger charge is -2.22. The third kappa shape index (κ3) is 8.20. The molecule has 0 fully saturated rings. The minimum absolute atomic E-state index is 0.109. The van der Waals surface area contributed by atoms with Crippen LogP contribution >= 0.6 is 0 Å². The highest BCUT2D eigenvalue weighted by atomic mass is 16.9. The Hall–Kier alpha value is -0.135. The highest BCUT2D eigenvalue weighted by Crippen LogP contribution is 2.05. The van der Waals surface area contributed by atoms with Crippen LogP contribution in [0.2, 0.25) is 0 Å². The first-order chi connectivity index (χ1) is 5.91. The van der Waals surface area contributed by atoms with Gasteiger partial charge in [-0.05, 0) is 27.7 Å². The predicted molar refractivity (Wildman–Crippen MR) is 47.5 cm³/mol. The summed E-state index contributed by atoms with van der Waals surface area (Å²) < 4.78 is 14.8. The van der Waals surface area contributed by atoms with E-state index >= 15 is 0 Å². The normalized spacial score (nSPS) is 11.8. The van der Waals surface area contributed by atoms with Gasteiger partial charge in [0.15, 0.2) is 0 Å². The van der Waals surface area contributed by atoms with Crippen molar-refractivity contribution in [2.75, 3.05) is 0 Å². The Balaban J connectivity index is 3.87. The zero-order valence-corrected chi connectivity index (χ0v) is 8.43. The molecule has 2 N–H and O–H groups in total. The zero-order chi connectivity index (χ0) is 10.4. The van der Waals surface area contributed by atoms with E-state index in [-0.39, 0.29) is 12.2 Å². The maximum Gasteiger partial charge on any atom is 0.637 e. The second-order valence-electron chi connectivity index (χ2n) is 3.12. The molecule has 0 aliphatic carbocycles. The van der Waals surface area contributed by atoms with Gasteiger partial charge in [-0.3, -0.25) is 0 Å². The molecule has 0 aromatic carbocycles. The second-order valence-corrected chi connectivity index (χ2v) is 3.12. The number of hydrogen-bond acceptors (Lipinski definition) is 5. The predicted octanol–water partition coefficient (Wildman–Crippen LogP) is 0.106. The number of rotatable bonds is 6. The molecule has 0 atom stereocenters. The molecule has 13 heavy (non-hydrogen) atoms. The molecule has 0 rings (SSSR count). The summed E-state index contributed by atoms with van der Waals surface area (Å²) in [5.41, 5.74) is 0. The Labute approximate surface area is 78.8 Å². The van der Waals surface area contributed by atoms with Crippen molar-refractivity contribution in [2.24, 2.45) is 0 Å². The Kier molecular flexibility index (Phi) is 6.27. The van der Waals surface area contributed by atoms with Crippen molar-refractivity contribution in [3.63, 3.8) is 0 Å². The molecular weight excluding hydrogens is 175 g/mol. The summed E-state index contributed by atoms with van der Waals surface area (Å²) in [6.07, 6.45) is -0.218. The van der Waals surface area contributed by atoms with Crippen LogP contribution in [0.5, 0.6) is 0 Å². The summed E-state index contributed by atoms with van der Waals surface area (Å²) in [6.45, 7) is 6.14. The van der Waals surface area contributed by atoms with Gasteiger partial charge in [0.05, 0.1) is 12.2 Å². The van der Waals surface area contributed by atoms with Gasteiger partial charge in [0, 0.05) is 0 Å². The molecule has 0 aromatic heterocycles. The van der Waals surface area contributed by atoms with E-state index in [1.807, 2.05) is 0 Å². The summed E-state index contributed by atoms with van der Waals surface area (Å²) in [5.74, 6) is 0. The van der Waals surface area contributed by atoms with E-state index in [1.165, 1.54) is 0 Å². The number of hydrogen-bond donors (Lipinski definition) is 2. The Morgan fingerprint density at radius 3 is 1.54 bits per heavy atom. The monoisotopic (exact) mass is 192 g/mol. The fourth-order valence-electron chi connectivity index (χ4n) is 0.640. The summed E-state index contributed by atoms with van der Waals surface area (Å²) >= 11 is 0. The molecule has 0 saturated heterocycles. The van der Waals surface area contributed by atoms with Crippen LogP contribution in [-0.4, -0.2) is 36.1 Å². The molecule has 0 bridgehead atoms. The van der Waals surface area contributed by atoms with Gasteiger partial charge in [-0.1, -0.05) is 0 Å². The third-order valence-electron chi connectivity index (χ3n) is 0.999. The molecule has 0 saturated carbocycles. The van der Waals surface area contributed by atoms with E-state index in [2.05, 4.69) is 4.65 Å². The summed E-state index contributed by atoms with van der Waals surface area (Å²) in [7, 11) is -1.89. The van der Waals surface area contributed by atoms with Crippen molar-refractivity contribution in [2.45, 2.75) is 46.4 Å². The van der Waals surface area contributed by atoms with Gasteiger partial charge in [-0.25, -0.2) is 0 Å². The van der Waals surface area contributed by atoms with Crippen LogP contribution in [0.25, 0.3) is 0 Å². The molecule has 5 nitrogen and oxygen atoms in total. The van der Waals surface area contributed by atoms with E-state index in [0.717, 1.165) is 0 Å². The maximum atomic E-state index is 8.52. The summed E-state index contributed by atoms with van der Waals surface area (Å²) in [6, 6.07) is 0. The molecule has 0 amide bonds. The maximum absolute atomic E-state index is 8.52. The van der Waals surface area contributed by atoms with E-state index in [1.54, 1.807) is 27.7 Å². The molecule has 78 valence electrons. The molecule has 0 aliphatic heterocycles. The van der Waals surface area contributed by atoms with Crippen molar-refractivity contribution in [3.8, 4) is 0 Å². The van der Waals surface area contributed by atoms with E-state index in [4.69, 9.17) is 19.5 Å². The molecule has 0 radical (unpaired) electrons. The third-order valence-corrected chi connectivity index (χ3v) is 0.999. The molecule has 0 unspecified atom stereocenters. The van der Waals surface area contributed by atoms with Crippen LogP contribution in [0.4, 0.5) is 0 Å². The SMILES string of the molecule is CC(C)OC(OB(O)O)OC(C)C. The van der Waals surface area contributed by atoms with Crippen molar-refractivity contribution < 1.29 is 24.2 Å². The molecular formula is C7H17BO5. The van der Waals surface area contributed by atoms with Crippen LogP contribution in [0.1, 0.15) is 27.7 Å². The standard InChI is InChI=1S/C7H17BO5/c1-5(2)11-7(12-6(3)4)13-8(9)10/h5-7,9-10H,1-4H3. The average molecular weight is 192 g/mol. The van der Waals surface area contributed by atoms with Gasteiger partial charge in [0.2, 0.25) is 0 Å². The van der Waals surface area contributed by atoms with Gasteiger partial charge in [-0.2, -0.15) is 0 Å². The summed E-state index contributed by atoms with van der Waals surface area (Å²) in [5, 5.41) is 17.0. The lowest BCUT2D eigenvalue weighted by molar-refractivity contribution is -0.284. The molecule has 0 aliphatic rings. The zero-order valence-electron chi connectivity index (χ0n) is 8.43. The summed E-state index contributed by atoms with van der Waals surface area (Å²) in [4.78, 5) is 0. The van der Waals surface area contributed by atoms with Crippen molar-refractivity contribution in [3.05, 3.63) is 0 Å². The Bertz CT molecular complexity index is 104. The smallest absolute Gasteiger partial charge is 0.402 e. The largest absolute Gasteiger partial charge is 0.637 e. The quantitative estimate of drug-likeness (QED) is 0.461. The topological polar surface area (TPSA) is 68.2 Å². The van der Waals surface area contributed by atoms with E-state index in [0.29, 0.717) is 0 Å². The van der Waals surface area contributed by atoms with Gasteiger partial charge >= 0.3 is 7.32 Å². The highest BCUT2D eigenvalue weighted by Gasteiger charge is 2.21. The second kappa shape index (κ2) is 6.34. The molecule has 6 heteroatoms. The molecule has 0 aromatic rings. The first kappa shape index (κ1) is 12.9. The van der Waals surface area contributed by atoms with Gasteiger partial charge < -0.3 is 24.2 Å². The first-order valence-corrected chi connectivity index (χ1v) is 4.24. The highest BCUT2D eigenvalue weighted by molar-refractivity contribution is 6.32. The lowest BCUT2D eigenvalue weighted by atomic mass is 10.3. The molecule has 0 spiro atoms. The van der Waals surface area contributed by atoms with Crippen LogP contribution in [0, 0.1) is 0 Å². The molecule has 0 heterocycles. The van der Waals surface area contributed by atoms with Crippen molar-refractivity contribution >= 4 is 7.32 Å². The lowest BCUT2D eigenvalue weighted by Crippen LogP contribution is -2.33. The van der Waals surface area contributed by atoms with Gasteiger partial charge in [0.1, 0.15) is 0 Å². The van der Waals surface area contributed by atoms with Crippen molar-refractivity contribution in [1.82, 2.24) is 0 Å². The fraction of sp³-hybridized carbons (Fsp3) is 1.00. The van der Waals surface area contributed by atoms with Crippen molar-refractivity contribution in [1.29, 1.82) is 0 Å². The first-order valence-electron chi connectivity index (χ1n) is 4.24. The van der Waals surface area contributed by atoms with Crippen LogP contribution in [0.3, 0.4) is 0 Å². The van der Waals surface area contributed by atoms with E-state index < -0.39 is 13.8 Å². The van der Waals surface area contributed by atoms with E-state index in [9.17, 15) is 0 Å². The Morgan fingerprint density at radius 2 is 1.31 bits per heavy atom. The number of ether oxygens (including phenoxy) is 2. The fourth-order valence-corrected chi connectivity index (χ4v) is 0.640. The minimum Gasteiger partial charge on any atom is -0.402 e. The average Bonchev–Trinajstić information content (AvgIpc) is 1.80. The van der Waals surface area contributed by atoms with Gasteiger partial charge in [0.25, 0.3) is 6.48 Å². The van der Waals surface area contributed by atoms with Crippen LogP contribution < -0.4 is 0 Å². The minimum atomic E-state index is -1.89. The van der Waals surface area contributed by atoms with Crippen LogP contribution in [0.15, 0.2) is 0 Å². The Morgan fingerprint density at radius 1 is 0.923 bits per heavy atom.